The summed E-state index contributed by atoms with van der Waals surface area (Å²) >= 11 is 17.9. The summed E-state index contributed by atoms with van der Waals surface area (Å²) in [5, 5.41) is 0. The van der Waals surface area contributed by atoms with Gasteiger partial charge in [0.1, 0.15) is 4.20 Å². The van der Waals surface area contributed by atoms with Gasteiger partial charge in [-0.25, -0.2) is 4.31 Å². The summed E-state index contributed by atoms with van der Waals surface area (Å²) in [5.41, 5.74) is 0. The molecule has 0 radical (unpaired) electrons. The molecule has 0 amide bonds. The first-order valence-corrected chi connectivity index (χ1v) is 5.63. The van der Waals surface area contributed by atoms with Gasteiger partial charge in [-0.15, -0.1) is 25.3 Å². The molecule has 1 heterocycles. The first kappa shape index (κ1) is 11.4. The molecule has 0 aliphatic carbocycles. The Bertz CT molecular complexity index is 172. The Morgan fingerprint density at radius 3 is 1.58 bits per heavy atom. The summed E-state index contributed by atoms with van der Waals surface area (Å²) in [6.45, 7) is 6.31. The Kier molecular flexibility index (Phi) is 3.04. The molecule has 72 valence electrons. The van der Waals surface area contributed by atoms with E-state index in [-0.39, 0.29) is 4.87 Å². The molecule has 1 aliphatic heterocycles. The third-order valence-corrected chi connectivity index (χ3v) is 5.99. The van der Waals surface area contributed by atoms with Gasteiger partial charge in [-0.1, -0.05) is 26.7 Å². The minimum absolute atomic E-state index is 0.244. The maximum Gasteiger partial charge on any atom is 0.121 e. The molecule has 1 fully saturated rings. The predicted molar refractivity (Wildman–Crippen MR) is 67.2 cm³/mol. The van der Waals surface area contributed by atoms with Crippen LogP contribution in [0.1, 0.15) is 20.8 Å². The molecule has 1 aliphatic rings. The summed E-state index contributed by atoms with van der Waals surface area (Å²) in [4.78, 5) is -0.244. The van der Waals surface area contributed by atoms with Crippen molar-refractivity contribution in [1.82, 2.24) is 4.31 Å². The van der Waals surface area contributed by atoms with Crippen molar-refractivity contribution in [3.05, 3.63) is 0 Å². The zero-order chi connectivity index (χ0) is 9.73. The molecule has 0 aromatic carbocycles. The lowest BCUT2D eigenvalue weighted by Crippen LogP contribution is -2.38. The number of thiol groups is 4. The van der Waals surface area contributed by atoms with Gasteiger partial charge in [-0.05, 0) is 18.8 Å². The highest BCUT2D eigenvalue weighted by Gasteiger charge is 2.55. The normalized spacial score (nSPS) is 48.2. The first-order chi connectivity index (χ1) is 5.22. The Hall–Kier alpha value is 1.36. The fraction of sp³-hybridized carbons (Fsp3) is 1.00. The van der Waals surface area contributed by atoms with Crippen LogP contribution in [-0.4, -0.2) is 13.4 Å². The third kappa shape index (κ3) is 1.41. The lowest BCUT2D eigenvalue weighted by molar-refractivity contribution is 0.350. The summed E-state index contributed by atoms with van der Waals surface area (Å²) in [7, 11) is 0. The monoisotopic (exact) mass is 241 g/mol. The predicted octanol–water partition coefficient (Wildman–Crippen LogP) is 2.58. The van der Waals surface area contributed by atoms with E-state index in [4.69, 9.17) is 0 Å². The second kappa shape index (κ2) is 3.19. The molecule has 0 bridgehead atoms. The van der Waals surface area contributed by atoms with Crippen LogP contribution >= 0.6 is 50.7 Å². The van der Waals surface area contributed by atoms with Gasteiger partial charge in [0.05, 0.1) is 4.87 Å². The van der Waals surface area contributed by atoms with E-state index in [1.807, 2.05) is 11.2 Å². The summed E-state index contributed by atoms with van der Waals surface area (Å²) in [6.07, 6.45) is 0. The van der Waals surface area contributed by atoms with E-state index in [0.717, 1.165) is 0 Å². The van der Waals surface area contributed by atoms with Crippen molar-refractivity contribution < 1.29 is 0 Å². The zero-order valence-corrected chi connectivity index (χ0v) is 11.0. The van der Waals surface area contributed by atoms with Crippen molar-refractivity contribution in [2.75, 3.05) is 0 Å². The fourth-order valence-electron chi connectivity index (χ4n) is 1.53. The maximum absolute atomic E-state index is 4.56. The standard InChI is InChI=1S/C7H15NS4/c1-4-5(2)7(10,11)8(12)6(4,3)9/h4-5,9-12H,1-3H3. The molecule has 12 heavy (non-hydrogen) atoms. The van der Waals surface area contributed by atoms with Gasteiger partial charge < -0.3 is 0 Å². The molecule has 0 N–H and O–H groups in total. The molecule has 0 saturated carbocycles. The molecule has 0 aromatic rings. The molecule has 0 aromatic heterocycles. The summed E-state index contributed by atoms with van der Waals surface area (Å²) < 4.78 is 1.34. The summed E-state index contributed by atoms with van der Waals surface area (Å²) in [5.74, 6) is 0.762. The first-order valence-electron chi connectivity index (χ1n) is 3.88. The maximum atomic E-state index is 4.56. The lowest BCUT2D eigenvalue weighted by atomic mass is 9.94. The van der Waals surface area contributed by atoms with E-state index < -0.39 is 4.20 Å². The Balaban J connectivity index is 3.03. The van der Waals surface area contributed by atoms with Crippen LogP contribution < -0.4 is 0 Å². The van der Waals surface area contributed by atoms with Crippen molar-refractivity contribution in [1.29, 1.82) is 0 Å². The average Bonchev–Trinajstić information content (AvgIpc) is 2.06. The number of hydrogen-bond donors (Lipinski definition) is 4. The largest absolute Gasteiger partial charge is 0.213 e. The molecule has 1 saturated heterocycles. The second-order valence-electron chi connectivity index (χ2n) is 3.67. The van der Waals surface area contributed by atoms with Gasteiger partial charge in [0.2, 0.25) is 0 Å². The molecule has 3 unspecified atom stereocenters. The average molecular weight is 241 g/mol. The number of nitrogens with zero attached hydrogens (tertiary/aromatic N) is 1. The molecular weight excluding hydrogens is 226 g/mol. The van der Waals surface area contributed by atoms with E-state index in [1.54, 1.807) is 0 Å². The van der Waals surface area contributed by atoms with E-state index in [2.05, 4.69) is 64.5 Å². The SMILES string of the molecule is CC1C(C)C(S)(S)N(S)C1(C)S. The smallest absolute Gasteiger partial charge is 0.121 e. The highest BCUT2D eigenvalue weighted by atomic mass is 32.2. The van der Waals surface area contributed by atoms with Gasteiger partial charge in [0.15, 0.2) is 0 Å². The van der Waals surface area contributed by atoms with E-state index in [1.165, 1.54) is 0 Å². The Morgan fingerprint density at radius 1 is 1.08 bits per heavy atom. The highest BCUT2D eigenvalue weighted by Crippen LogP contribution is 2.55. The van der Waals surface area contributed by atoms with Crippen molar-refractivity contribution in [2.24, 2.45) is 11.8 Å². The number of hydrogen-bond acceptors (Lipinski definition) is 5. The fourth-order valence-corrected chi connectivity index (χ4v) is 3.29. The third-order valence-electron chi connectivity index (χ3n) is 2.96. The van der Waals surface area contributed by atoms with Crippen molar-refractivity contribution in [3.63, 3.8) is 0 Å². The Morgan fingerprint density at radius 2 is 1.50 bits per heavy atom. The van der Waals surface area contributed by atoms with Crippen molar-refractivity contribution >= 4 is 50.7 Å². The topological polar surface area (TPSA) is 3.24 Å². The van der Waals surface area contributed by atoms with E-state index >= 15 is 0 Å². The van der Waals surface area contributed by atoms with E-state index in [0.29, 0.717) is 11.8 Å². The van der Waals surface area contributed by atoms with Gasteiger partial charge >= 0.3 is 0 Å². The zero-order valence-electron chi connectivity index (χ0n) is 7.39. The van der Waals surface area contributed by atoms with E-state index in [9.17, 15) is 0 Å². The van der Waals surface area contributed by atoms with Gasteiger partial charge in [0.25, 0.3) is 0 Å². The van der Waals surface area contributed by atoms with Crippen LogP contribution in [0, 0.1) is 11.8 Å². The molecule has 5 heteroatoms. The minimum Gasteiger partial charge on any atom is -0.213 e. The molecule has 1 nitrogen and oxygen atoms in total. The van der Waals surface area contributed by atoms with Crippen molar-refractivity contribution in [3.8, 4) is 0 Å². The highest BCUT2D eigenvalue weighted by molar-refractivity contribution is 8.01. The molecule has 3 atom stereocenters. The van der Waals surface area contributed by atoms with Gasteiger partial charge in [-0.3, -0.25) is 0 Å². The van der Waals surface area contributed by atoms with Crippen LogP contribution in [-0.2, 0) is 0 Å². The lowest BCUT2D eigenvalue weighted by Gasteiger charge is -2.34. The summed E-state index contributed by atoms with van der Waals surface area (Å²) in [6, 6.07) is 0. The van der Waals surface area contributed by atoms with Crippen molar-refractivity contribution in [2.45, 2.75) is 29.8 Å². The Labute approximate surface area is 96.4 Å². The number of rotatable bonds is 0. The van der Waals surface area contributed by atoms with Crippen LogP contribution in [0.5, 0.6) is 0 Å². The second-order valence-corrected chi connectivity index (χ2v) is 6.69. The van der Waals surface area contributed by atoms with Crippen LogP contribution in [0.15, 0.2) is 0 Å². The van der Waals surface area contributed by atoms with Crippen LogP contribution in [0.25, 0.3) is 0 Å². The molecule has 1 rings (SSSR count). The molecular formula is C7H15NS4. The molecule has 0 spiro atoms. The minimum atomic E-state index is -0.473. The van der Waals surface area contributed by atoms with Gasteiger partial charge in [0, 0.05) is 0 Å². The quantitative estimate of drug-likeness (QED) is 0.375. The van der Waals surface area contributed by atoms with Crippen LogP contribution in [0.4, 0.5) is 0 Å². The van der Waals surface area contributed by atoms with Crippen LogP contribution in [0.3, 0.4) is 0 Å². The van der Waals surface area contributed by atoms with Crippen LogP contribution in [0.2, 0.25) is 0 Å². The van der Waals surface area contributed by atoms with Gasteiger partial charge in [-0.2, -0.15) is 12.6 Å².